The fourth-order valence-corrected chi connectivity index (χ4v) is 1.73. The van der Waals surface area contributed by atoms with Crippen molar-refractivity contribution < 1.29 is 14.3 Å². The number of carboxylic acids is 1. The van der Waals surface area contributed by atoms with Gasteiger partial charge in [0.05, 0.1) is 0 Å². The molecule has 0 aliphatic heterocycles. The Morgan fingerprint density at radius 2 is 2.40 bits per heavy atom. The van der Waals surface area contributed by atoms with E-state index in [-0.39, 0.29) is 6.42 Å². The number of furan rings is 1. The molecule has 0 aromatic carbocycles. The first-order valence-electron chi connectivity index (χ1n) is 5.15. The Hall–Kier alpha value is -1.29. The number of carbonyl (C=O) groups is 1. The highest BCUT2D eigenvalue weighted by Gasteiger charge is 2.36. The van der Waals surface area contributed by atoms with Crippen LogP contribution >= 0.6 is 0 Å². The van der Waals surface area contributed by atoms with E-state index in [1.54, 1.807) is 0 Å². The third kappa shape index (κ3) is 2.21. The van der Waals surface area contributed by atoms with E-state index < -0.39 is 12.0 Å². The fourth-order valence-electron chi connectivity index (χ4n) is 1.73. The second kappa shape index (κ2) is 3.70. The van der Waals surface area contributed by atoms with Crippen LogP contribution in [0, 0.1) is 5.92 Å². The van der Waals surface area contributed by atoms with Gasteiger partial charge < -0.3 is 15.3 Å². The van der Waals surface area contributed by atoms with Crippen LogP contribution in [0.3, 0.4) is 0 Å². The molecule has 1 saturated carbocycles. The SMILES string of the molecule is CC1CC1c1ccc(C[C@H](N)C(=O)O)o1. The highest BCUT2D eigenvalue weighted by atomic mass is 16.4. The molecule has 2 rings (SSSR count). The first-order chi connectivity index (χ1) is 7.08. The molecule has 3 N–H and O–H groups in total. The minimum Gasteiger partial charge on any atom is -0.480 e. The largest absolute Gasteiger partial charge is 0.480 e. The molecule has 2 unspecified atom stereocenters. The maximum atomic E-state index is 10.5. The number of aliphatic carboxylic acids is 1. The number of rotatable bonds is 4. The van der Waals surface area contributed by atoms with E-state index in [4.69, 9.17) is 15.3 Å². The average molecular weight is 209 g/mol. The van der Waals surface area contributed by atoms with E-state index >= 15 is 0 Å². The quantitative estimate of drug-likeness (QED) is 0.784. The molecule has 82 valence electrons. The van der Waals surface area contributed by atoms with Crippen LogP contribution in [0.25, 0.3) is 0 Å². The molecule has 3 atom stereocenters. The summed E-state index contributed by atoms with van der Waals surface area (Å²) in [5.41, 5.74) is 5.42. The lowest BCUT2D eigenvalue weighted by Crippen LogP contribution is -2.32. The first kappa shape index (κ1) is 10.2. The molecule has 0 amide bonds. The Morgan fingerprint density at radius 3 is 2.93 bits per heavy atom. The summed E-state index contributed by atoms with van der Waals surface area (Å²) >= 11 is 0. The summed E-state index contributed by atoms with van der Waals surface area (Å²) in [6.07, 6.45) is 1.42. The van der Waals surface area contributed by atoms with Crippen molar-refractivity contribution in [3.05, 3.63) is 23.7 Å². The van der Waals surface area contributed by atoms with E-state index in [1.807, 2.05) is 12.1 Å². The van der Waals surface area contributed by atoms with Crippen molar-refractivity contribution >= 4 is 5.97 Å². The van der Waals surface area contributed by atoms with Crippen LogP contribution in [0.5, 0.6) is 0 Å². The van der Waals surface area contributed by atoms with Gasteiger partial charge in [-0.15, -0.1) is 0 Å². The van der Waals surface area contributed by atoms with Crippen molar-refractivity contribution in [1.82, 2.24) is 0 Å². The lowest BCUT2D eigenvalue weighted by atomic mass is 10.2. The van der Waals surface area contributed by atoms with E-state index in [0.29, 0.717) is 17.6 Å². The third-order valence-electron chi connectivity index (χ3n) is 2.90. The zero-order valence-electron chi connectivity index (χ0n) is 8.64. The standard InChI is InChI=1S/C11H15NO3/c1-6-4-8(6)10-3-2-7(15-10)5-9(12)11(13)14/h2-3,6,8-9H,4-5,12H2,1H3,(H,13,14)/t6?,8?,9-/m0/s1. The minimum absolute atomic E-state index is 0.260. The predicted octanol–water partition coefficient (Wildman–Crippen LogP) is 1.36. The van der Waals surface area contributed by atoms with Crippen LogP contribution in [0.15, 0.2) is 16.5 Å². The van der Waals surface area contributed by atoms with Gasteiger partial charge in [0.25, 0.3) is 0 Å². The number of hydrogen-bond acceptors (Lipinski definition) is 3. The van der Waals surface area contributed by atoms with Gasteiger partial charge in [-0.1, -0.05) is 6.92 Å². The molecule has 15 heavy (non-hydrogen) atoms. The lowest BCUT2D eigenvalue weighted by molar-refractivity contribution is -0.138. The molecule has 4 heteroatoms. The van der Waals surface area contributed by atoms with Crippen molar-refractivity contribution in [3.63, 3.8) is 0 Å². The van der Waals surface area contributed by atoms with Gasteiger partial charge in [-0.2, -0.15) is 0 Å². The van der Waals surface area contributed by atoms with Crippen molar-refractivity contribution in [2.75, 3.05) is 0 Å². The molecule has 1 fully saturated rings. The first-order valence-corrected chi connectivity index (χ1v) is 5.15. The van der Waals surface area contributed by atoms with Crippen LogP contribution in [-0.4, -0.2) is 17.1 Å². The average Bonchev–Trinajstić information content (AvgIpc) is 2.73. The van der Waals surface area contributed by atoms with Crippen molar-refractivity contribution in [1.29, 1.82) is 0 Å². The molecule has 0 spiro atoms. The molecule has 0 saturated heterocycles. The van der Waals surface area contributed by atoms with E-state index in [2.05, 4.69) is 6.92 Å². The third-order valence-corrected chi connectivity index (χ3v) is 2.90. The molecule has 0 bridgehead atoms. The van der Waals surface area contributed by atoms with Gasteiger partial charge >= 0.3 is 5.97 Å². The second-order valence-corrected chi connectivity index (χ2v) is 4.27. The van der Waals surface area contributed by atoms with Crippen LogP contribution in [-0.2, 0) is 11.2 Å². The molecular weight excluding hydrogens is 194 g/mol. The van der Waals surface area contributed by atoms with Crippen molar-refractivity contribution in [2.24, 2.45) is 11.7 Å². The van der Waals surface area contributed by atoms with Gasteiger partial charge in [0.1, 0.15) is 17.6 Å². The van der Waals surface area contributed by atoms with Crippen LogP contribution < -0.4 is 5.73 Å². The Bertz CT molecular complexity index is 372. The summed E-state index contributed by atoms with van der Waals surface area (Å²) in [6, 6.07) is 2.88. The Balaban J connectivity index is 1.98. The van der Waals surface area contributed by atoms with Gasteiger partial charge in [0.2, 0.25) is 0 Å². The zero-order valence-corrected chi connectivity index (χ0v) is 8.64. The number of hydrogen-bond donors (Lipinski definition) is 2. The van der Waals surface area contributed by atoms with Gasteiger partial charge in [0, 0.05) is 12.3 Å². The normalized spacial score (nSPS) is 26.3. The topological polar surface area (TPSA) is 76.5 Å². The molecule has 0 radical (unpaired) electrons. The highest BCUT2D eigenvalue weighted by molar-refractivity contribution is 5.73. The summed E-state index contributed by atoms with van der Waals surface area (Å²) in [6.45, 7) is 2.18. The van der Waals surface area contributed by atoms with Crippen LogP contribution in [0.4, 0.5) is 0 Å². The smallest absolute Gasteiger partial charge is 0.320 e. The summed E-state index contributed by atoms with van der Waals surface area (Å²) in [5.74, 6) is 1.86. The zero-order chi connectivity index (χ0) is 11.0. The molecule has 1 aromatic rings. The molecule has 1 aromatic heterocycles. The fraction of sp³-hybridized carbons (Fsp3) is 0.545. The molecule has 4 nitrogen and oxygen atoms in total. The summed E-state index contributed by atoms with van der Waals surface area (Å²) < 4.78 is 5.56. The number of carboxylic acid groups (broad SMARTS) is 1. The Morgan fingerprint density at radius 1 is 1.73 bits per heavy atom. The van der Waals surface area contributed by atoms with Gasteiger partial charge in [-0.05, 0) is 24.5 Å². The number of nitrogens with two attached hydrogens (primary N) is 1. The Kier molecular flexibility index (Phi) is 2.52. The molecule has 1 aliphatic carbocycles. The summed E-state index contributed by atoms with van der Waals surface area (Å²) in [5, 5.41) is 8.65. The monoisotopic (exact) mass is 209 g/mol. The molecule has 1 aliphatic rings. The van der Waals surface area contributed by atoms with Crippen LogP contribution in [0.1, 0.15) is 30.8 Å². The second-order valence-electron chi connectivity index (χ2n) is 4.27. The van der Waals surface area contributed by atoms with E-state index in [1.165, 1.54) is 0 Å². The predicted molar refractivity (Wildman–Crippen MR) is 54.5 cm³/mol. The van der Waals surface area contributed by atoms with Crippen LogP contribution in [0.2, 0.25) is 0 Å². The van der Waals surface area contributed by atoms with E-state index in [9.17, 15) is 4.79 Å². The Labute approximate surface area is 88.1 Å². The lowest BCUT2D eigenvalue weighted by Gasteiger charge is -2.02. The molecule has 1 heterocycles. The van der Waals surface area contributed by atoms with Gasteiger partial charge in [0.15, 0.2) is 0 Å². The summed E-state index contributed by atoms with van der Waals surface area (Å²) in [7, 11) is 0. The maximum absolute atomic E-state index is 10.5. The van der Waals surface area contributed by atoms with Crippen molar-refractivity contribution in [3.8, 4) is 0 Å². The minimum atomic E-state index is -0.993. The maximum Gasteiger partial charge on any atom is 0.320 e. The summed E-state index contributed by atoms with van der Waals surface area (Å²) in [4.78, 5) is 10.5. The van der Waals surface area contributed by atoms with E-state index in [0.717, 1.165) is 12.2 Å². The molecular formula is C11H15NO3. The van der Waals surface area contributed by atoms with Crippen molar-refractivity contribution in [2.45, 2.75) is 31.7 Å². The van der Waals surface area contributed by atoms with Gasteiger partial charge in [-0.3, -0.25) is 4.79 Å². The van der Waals surface area contributed by atoms with Gasteiger partial charge in [-0.25, -0.2) is 0 Å². The highest BCUT2D eigenvalue weighted by Crippen LogP contribution is 2.47.